The van der Waals surface area contributed by atoms with Crippen LogP contribution in [0.4, 0.5) is 17.5 Å². The third-order valence-electron chi connectivity index (χ3n) is 3.75. The van der Waals surface area contributed by atoms with Crippen molar-refractivity contribution in [1.82, 2.24) is 9.97 Å². The molecule has 0 atom stereocenters. The summed E-state index contributed by atoms with van der Waals surface area (Å²) in [7, 11) is 1.62. The highest BCUT2D eigenvalue weighted by atomic mass is 35.5. The summed E-state index contributed by atoms with van der Waals surface area (Å²) in [4.78, 5) is 9.19. The Hall–Kier alpha value is -2.79. The Balaban J connectivity index is 1.99. The van der Waals surface area contributed by atoms with E-state index in [9.17, 15) is 0 Å². The van der Waals surface area contributed by atoms with Crippen LogP contribution < -0.4 is 15.4 Å². The van der Waals surface area contributed by atoms with E-state index in [0.29, 0.717) is 22.5 Å². The third kappa shape index (κ3) is 4.43. The van der Waals surface area contributed by atoms with E-state index in [1.807, 2.05) is 48.5 Å². The first-order valence-electron chi connectivity index (χ1n) is 8.48. The summed E-state index contributed by atoms with van der Waals surface area (Å²) in [6, 6.07) is 17.3. The quantitative estimate of drug-likeness (QED) is 0.587. The molecule has 0 aliphatic heterocycles. The Kier molecular flexibility index (Phi) is 5.92. The lowest BCUT2D eigenvalue weighted by Crippen LogP contribution is -2.07. The molecule has 3 rings (SSSR count). The van der Waals surface area contributed by atoms with Crippen LogP contribution in [-0.4, -0.2) is 23.6 Å². The summed E-state index contributed by atoms with van der Waals surface area (Å²) in [6.07, 6.45) is 0.990. The molecular formula is C20H21ClN4O. The van der Waals surface area contributed by atoms with E-state index in [0.717, 1.165) is 29.9 Å². The number of nitrogens with zero attached hydrogens (tertiary/aromatic N) is 2. The number of aromatic nitrogens is 2. The number of nitrogens with one attached hydrogen (secondary N) is 2. The second kappa shape index (κ2) is 8.54. The molecular weight excluding hydrogens is 348 g/mol. The molecule has 5 nitrogen and oxygen atoms in total. The Morgan fingerprint density at radius 3 is 2.58 bits per heavy atom. The molecule has 0 amide bonds. The van der Waals surface area contributed by atoms with Crippen LogP contribution in [0.25, 0.3) is 11.3 Å². The number of ether oxygens (including phenoxy) is 1. The Morgan fingerprint density at radius 2 is 1.85 bits per heavy atom. The van der Waals surface area contributed by atoms with Gasteiger partial charge >= 0.3 is 0 Å². The maximum atomic E-state index is 6.13. The lowest BCUT2D eigenvalue weighted by molar-refractivity contribution is 0.417. The highest BCUT2D eigenvalue weighted by Gasteiger charge is 2.10. The van der Waals surface area contributed by atoms with Crippen molar-refractivity contribution in [3.8, 4) is 17.0 Å². The Bertz CT molecular complexity index is 871. The van der Waals surface area contributed by atoms with Gasteiger partial charge in [-0.1, -0.05) is 48.9 Å². The van der Waals surface area contributed by atoms with Gasteiger partial charge in [-0.3, -0.25) is 0 Å². The molecule has 1 heterocycles. The minimum atomic E-state index is 0.580. The van der Waals surface area contributed by atoms with Crippen molar-refractivity contribution in [2.45, 2.75) is 13.3 Å². The molecule has 6 heteroatoms. The van der Waals surface area contributed by atoms with Gasteiger partial charge in [0, 0.05) is 23.2 Å². The molecule has 2 aromatic carbocycles. The monoisotopic (exact) mass is 368 g/mol. The summed E-state index contributed by atoms with van der Waals surface area (Å²) in [5.41, 5.74) is 2.61. The predicted octanol–water partition coefficient (Wildman–Crippen LogP) is 5.37. The number of methoxy groups -OCH3 is 1. The largest absolute Gasteiger partial charge is 0.495 e. The molecule has 0 unspecified atom stereocenters. The van der Waals surface area contributed by atoms with Gasteiger partial charge in [-0.25, -0.2) is 4.98 Å². The van der Waals surface area contributed by atoms with Crippen molar-refractivity contribution in [3.05, 3.63) is 59.6 Å². The van der Waals surface area contributed by atoms with Gasteiger partial charge in [0.1, 0.15) is 11.6 Å². The molecule has 134 valence electrons. The van der Waals surface area contributed by atoms with Crippen molar-refractivity contribution in [2.24, 2.45) is 0 Å². The fraction of sp³-hybridized carbons (Fsp3) is 0.200. The molecule has 0 radical (unpaired) electrons. The normalized spacial score (nSPS) is 10.4. The molecule has 0 aliphatic rings. The van der Waals surface area contributed by atoms with E-state index in [1.165, 1.54) is 0 Å². The van der Waals surface area contributed by atoms with Gasteiger partial charge in [0.2, 0.25) is 5.95 Å². The van der Waals surface area contributed by atoms with Crippen molar-refractivity contribution in [1.29, 1.82) is 0 Å². The summed E-state index contributed by atoms with van der Waals surface area (Å²) in [5, 5.41) is 7.16. The smallest absolute Gasteiger partial charge is 0.225 e. The van der Waals surface area contributed by atoms with Crippen molar-refractivity contribution < 1.29 is 4.74 Å². The number of anilines is 3. The highest BCUT2D eigenvalue weighted by Crippen LogP contribution is 2.31. The van der Waals surface area contributed by atoms with E-state index in [-0.39, 0.29) is 0 Å². The lowest BCUT2D eigenvalue weighted by Gasteiger charge is -2.13. The van der Waals surface area contributed by atoms with Crippen molar-refractivity contribution in [3.63, 3.8) is 0 Å². The van der Waals surface area contributed by atoms with Crippen LogP contribution in [-0.2, 0) is 0 Å². The zero-order valence-electron chi connectivity index (χ0n) is 14.8. The van der Waals surface area contributed by atoms with Gasteiger partial charge < -0.3 is 15.4 Å². The van der Waals surface area contributed by atoms with Crippen molar-refractivity contribution >= 4 is 29.1 Å². The molecule has 2 N–H and O–H groups in total. The molecule has 0 fully saturated rings. The first-order valence-corrected chi connectivity index (χ1v) is 8.86. The van der Waals surface area contributed by atoms with E-state index in [1.54, 1.807) is 13.2 Å². The maximum absolute atomic E-state index is 6.13. The van der Waals surface area contributed by atoms with Crippen LogP contribution in [0, 0.1) is 0 Å². The van der Waals surface area contributed by atoms with Gasteiger partial charge in [-0.15, -0.1) is 0 Å². The Labute approximate surface area is 158 Å². The maximum Gasteiger partial charge on any atom is 0.225 e. The highest BCUT2D eigenvalue weighted by molar-refractivity contribution is 6.31. The third-order valence-corrected chi connectivity index (χ3v) is 3.99. The second-order valence-electron chi connectivity index (χ2n) is 5.72. The Morgan fingerprint density at radius 1 is 1.04 bits per heavy atom. The summed E-state index contributed by atoms with van der Waals surface area (Å²) < 4.78 is 5.40. The molecule has 0 bridgehead atoms. The fourth-order valence-electron chi connectivity index (χ4n) is 2.50. The average Bonchev–Trinajstić information content (AvgIpc) is 2.67. The SMILES string of the molecule is CCCNc1nc(Nc2cc(Cl)ccc2OC)cc(-c2ccccc2)n1. The molecule has 1 aromatic heterocycles. The average molecular weight is 369 g/mol. The number of rotatable bonds is 7. The van der Waals surface area contributed by atoms with Crippen LogP contribution in [0.2, 0.25) is 5.02 Å². The predicted molar refractivity (Wildman–Crippen MR) is 108 cm³/mol. The van der Waals surface area contributed by atoms with Crippen LogP contribution in [0.3, 0.4) is 0 Å². The molecule has 0 aliphatic carbocycles. The molecule has 0 spiro atoms. The van der Waals surface area contributed by atoms with E-state index in [4.69, 9.17) is 16.3 Å². The molecule has 0 saturated carbocycles. The molecule has 0 saturated heterocycles. The molecule has 26 heavy (non-hydrogen) atoms. The first-order chi connectivity index (χ1) is 12.7. The first kappa shape index (κ1) is 18.0. The van der Waals surface area contributed by atoms with Crippen LogP contribution in [0.15, 0.2) is 54.6 Å². The van der Waals surface area contributed by atoms with E-state index < -0.39 is 0 Å². The summed E-state index contributed by atoms with van der Waals surface area (Å²) >= 11 is 6.13. The summed E-state index contributed by atoms with van der Waals surface area (Å²) in [5.74, 6) is 1.94. The van der Waals surface area contributed by atoms with Crippen LogP contribution in [0.5, 0.6) is 5.75 Å². The topological polar surface area (TPSA) is 59.1 Å². The van der Waals surface area contributed by atoms with Crippen LogP contribution >= 0.6 is 11.6 Å². The number of hydrogen-bond acceptors (Lipinski definition) is 5. The molecule has 3 aromatic rings. The fourth-order valence-corrected chi connectivity index (χ4v) is 2.67. The van der Waals surface area contributed by atoms with E-state index >= 15 is 0 Å². The minimum Gasteiger partial charge on any atom is -0.495 e. The number of halogens is 1. The lowest BCUT2D eigenvalue weighted by atomic mass is 10.1. The van der Waals surface area contributed by atoms with Gasteiger partial charge in [-0.05, 0) is 24.6 Å². The van der Waals surface area contributed by atoms with Gasteiger partial charge in [0.15, 0.2) is 0 Å². The standard InChI is InChI=1S/C20H21ClN4O/c1-3-11-22-20-24-16(14-7-5-4-6-8-14)13-19(25-20)23-17-12-15(21)9-10-18(17)26-2/h4-10,12-13H,3,11H2,1-2H3,(H2,22,23,24,25). The number of hydrogen-bond donors (Lipinski definition) is 2. The van der Waals surface area contributed by atoms with E-state index in [2.05, 4.69) is 27.5 Å². The van der Waals surface area contributed by atoms with Gasteiger partial charge in [0.05, 0.1) is 18.5 Å². The van der Waals surface area contributed by atoms with Crippen LogP contribution in [0.1, 0.15) is 13.3 Å². The number of benzene rings is 2. The van der Waals surface area contributed by atoms with Crippen molar-refractivity contribution in [2.75, 3.05) is 24.3 Å². The second-order valence-corrected chi connectivity index (χ2v) is 6.16. The zero-order chi connectivity index (χ0) is 18.4. The van der Waals surface area contributed by atoms with Gasteiger partial charge in [0.25, 0.3) is 0 Å². The van der Waals surface area contributed by atoms with Gasteiger partial charge in [-0.2, -0.15) is 4.98 Å². The minimum absolute atomic E-state index is 0.580. The summed E-state index contributed by atoms with van der Waals surface area (Å²) in [6.45, 7) is 2.90. The zero-order valence-corrected chi connectivity index (χ0v) is 15.5.